The van der Waals surface area contributed by atoms with Crippen molar-refractivity contribution in [3.05, 3.63) is 17.5 Å². The molecule has 0 unspecified atom stereocenters. The van der Waals surface area contributed by atoms with E-state index in [0.717, 1.165) is 17.6 Å². The van der Waals surface area contributed by atoms with Gasteiger partial charge in [0.25, 0.3) is 0 Å². The first kappa shape index (κ1) is 7.79. The van der Waals surface area contributed by atoms with Crippen LogP contribution in [0.15, 0.2) is 6.07 Å². The van der Waals surface area contributed by atoms with Gasteiger partial charge in [-0.1, -0.05) is 15.9 Å². The number of alkyl halides is 1. The van der Waals surface area contributed by atoms with Crippen molar-refractivity contribution >= 4 is 15.9 Å². The predicted molar refractivity (Wildman–Crippen MR) is 45.3 cm³/mol. The van der Waals surface area contributed by atoms with Gasteiger partial charge >= 0.3 is 0 Å². The van der Waals surface area contributed by atoms with E-state index in [2.05, 4.69) is 34.0 Å². The molecule has 0 N–H and O–H groups in total. The maximum absolute atomic E-state index is 4.29. The summed E-state index contributed by atoms with van der Waals surface area (Å²) in [7, 11) is 0. The summed E-state index contributed by atoms with van der Waals surface area (Å²) < 4.78 is 2.00. The van der Waals surface area contributed by atoms with Crippen molar-refractivity contribution in [2.24, 2.45) is 0 Å². The summed E-state index contributed by atoms with van der Waals surface area (Å²) in [6.07, 6.45) is 0. The quantitative estimate of drug-likeness (QED) is 0.673. The van der Waals surface area contributed by atoms with Gasteiger partial charge in [0.2, 0.25) is 0 Å². The fraction of sp³-hybridized carbons (Fsp3) is 0.571. The van der Waals surface area contributed by atoms with E-state index in [1.54, 1.807) is 0 Å². The van der Waals surface area contributed by atoms with Gasteiger partial charge in [-0.05, 0) is 19.9 Å². The molecule has 0 bridgehead atoms. The Morgan fingerprint density at radius 2 is 2.40 bits per heavy atom. The van der Waals surface area contributed by atoms with E-state index in [4.69, 9.17) is 0 Å². The van der Waals surface area contributed by atoms with Gasteiger partial charge in [-0.25, -0.2) is 0 Å². The van der Waals surface area contributed by atoms with Gasteiger partial charge < -0.3 is 0 Å². The second-order valence-electron chi connectivity index (χ2n) is 2.23. The number of rotatable bonds is 2. The molecular formula is C7H11BrN2. The zero-order chi connectivity index (χ0) is 7.56. The second-order valence-corrected chi connectivity index (χ2v) is 2.79. The number of halogens is 1. The minimum absolute atomic E-state index is 0.891. The van der Waals surface area contributed by atoms with Crippen LogP contribution in [0.5, 0.6) is 0 Å². The molecule has 0 fully saturated rings. The molecule has 1 heterocycles. The van der Waals surface area contributed by atoms with Crippen LogP contribution in [0.4, 0.5) is 0 Å². The van der Waals surface area contributed by atoms with Crippen LogP contribution in [0.25, 0.3) is 0 Å². The van der Waals surface area contributed by atoms with Crippen LogP contribution in [0, 0.1) is 6.92 Å². The van der Waals surface area contributed by atoms with Crippen molar-refractivity contribution in [1.82, 2.24) is 9.78 Å². The Hall–Kier alpha value is -0.310. The summed E-state index contributed by atoms with van der Waals surface area (Å²) in [5.74, 6) is 0. The molecule has 1 aromatic heterocycles. The molecule has 0 aliphatic heterocycles. The van der Waals surface area contributed by atoms with Gasteiger partial charge in [0.1, 0.15) is 0 Å². The molecule has 0 aromatic carbocycles. The molecule has 1 rings (SSSR count). The van der Waals surface area contributed by atoms with Crippen LogP contribution in [0.2, 0.25) is 0 Å². The van der Waals surface area contributed by atoms with E-state index in [9.17, 15) is 0 Å². The molecular weight excluding hydrogens is 192 g/mol. The van der Waals surface area contributed by atoms with E-state index < -0.39 is 0 Å². The standard InChI is InChI=1S/C7H11BrN2/c1-3-10-7(5-8)4-6(2)9-10/h4H,3,5H2,1-2H3. The van der Waals surface area contributed by atoms with Crippen molar-refractivity contribution in [1.29, 1.82) is 0 Å². The van der Waals surface area contributed by atoms with E-state index in [1.165, 1.54) is 5.69 Å². The van der Waals surface area contributed by atoms with E-state index in [0.29, 0.717) is 0 Å². The molecule has 0 saturated heterocycles. The molecule has 0 amide bonds. The van der Waals surface area contributed by atoms with Crippen molar-refractivity contribution in [3.63, 3.8) is 0 Å². The molecule has 3 heteroatoms. The van der Waals surface area contributed by atoms with E-state index in [-0.39, 0.29) is 0 Å². The van der Waals surface area contributed by atoms with Crippen molar-refractivity contribution in [3.8, 4) is 0 Å². The fourth-order valence-electron chi connectivity index (χ4n) is 0.980. The Kier molecular flexibility index (Phi) is 2.49. The van der Waals surface area contributed by atoms with E-state index in [1.807, 2.05) is 11.6 Å². The molecule has 0 aliphatic carbocycles. The molecule has 0 aliphatic rings. The Balaban J connectivity index is 2.96. The minimum Gasteiger partial charge on any atom is -0.269 e. The largest absolute Gasteiger partial charge is 0.269 e. The number of aryl methyl sites for hydroxylation is 2. The molecule has 2 nitrogen and oxygen atoms in total. The van der Waals surface area contributed by atoms with Gasteiger partial charge in [0.05, 0.1) is 5.69 Å². The fourth-order valence-corrected chi connectivity index (χ4v) is 1.43. The highest BCUT2D eigenvalue weighted by atomic mass is 79.9. The zero-order valence-corrected chi connectivity index (χ0v) is 7.85. The lowest BCUT2D eigenvalue weighted by Gasteiger charge is -1.98. The minimum atomic E-state index is 0.891. The number of hydrogen-bond acceptors (Lipinski definition) is 1. The van der Waals surface area contributed by atoms with Crippen molar-refractivity contribution < 1.29 is 0 Å². The van der Waals surface area contributed by atoms with Gasteiger partial charge in [-0.3, -0.25) is 4.68 Å². The van der Waals surface area contributed by atoms with Gasteiger partial charge in [-0.15, -0.1) is 0 Å². The summed E-state index contributed by atoms with van der Waals surface area (Å²) in [6, 6.07) is 2.10. The summed E-state index contributed by atoms with van der Waals surface area (Å²) in [4.78, 5) is 0. The average molecular weight is 203 g/mol. The number of aromatic nitrogens is 2. The molecule has 10 heavy (non-hydrogen) atoms. The summed E-state index contributed by atoms with van der Waals surface area (Å²) in [6.45, 7) is 5.06. The molecule has 0 saturated carbocycles. The summed E-state index contributed by atoms with van der Waals surface area (Å²) in [5.41, 5.74) is 2.34. The third-order valence-corrected chi connectivity index (χ3v) is 2.00. The Morgan fingerprint density at radius 1 is 1.70 bits per heavy atom. The lowest BCUT2D eigenvalue weighted by molar-refractivity contribution is 0.632. The highest BCUT2D eigenvalue weighted by Crippen LogP contribution is 2.07. The van der Waals surface area contributed by atoms with Crippen molar-refractivity contribution in [2.75, 3.05) is 0 Å². The number of hydrogen-bond donors (Lipinski definition) is 0. The van der Waals surface area contributed by atoms with Crippen LogP contribution < -0.4 is 0 Å². The van der Waals surface area contributed by atoms with Gasteiger partial charge in [0, 0.05) is 17.6 Å². The highest BCUT2D eigenvalue weighted by molar-refractivity contribution is 9.08. The van der Waals surface area contributed by atoms with Gasteiger partial charge in [-0.2, -0.15) is 5.10 Å². The molecule has 0 spiro atoms. The summed E-state index contributed by atoms with van der Waals surface area (Å²) >= 11 is 3.40. The maximum Gasteiger partial charge on any atom is 0.0596 e. The topological polar surface area (TPSA) is 17.8 Å². The molecule has 0 radical (unpaired) electrons. The third-order valence-electron chi connectivity index (χ3n) is 1.42. The van der Waals surface area contributed by atoms with Gasteiger partial charge in [0.15, 0.2) is 0 Å². The first-order valence-corrected chi connectivity index (χ1v) is 4.49. The van der Waals surface area contributed by atoms with Crippen LogP contribution in [0.3, 0.4) is 0 Å². The molecule has 56 valence electrons. The van der Waals surface area contributed by atoms with Crippen LogP contribution >= 0.6 is 15.9 Å². The predicted octanol–water partition coefficient (Wildman–Crippen LogP) is 2.11. The Labute approximate surface area is 69.4 Å². The third kappa shape index (κ3) is 1.40. The van der Waals surface area contributed by atoms with Crippen LogP contribution in [0.1, 0.15) is 18.3 Å². The summed E-state index contributed by atoms with van der Waals surface area (Å²) in [5, 5.41) is 5.18. The Bertz CT molecular complexity index is 196. The maximum atomic E-state index is 4.29. The van der Waals surface area contributed by atoms with Crippen molar-refractivity contribution in [2.45, 2.75) is 25.7 Å². The van der Waals surface area contributed by atoms with Crippen LogP contribution in [-0.4, -0.2) is 9.78 Å². The smallest absolute Gasteiger partial charge is 0.0596 e. The Morgan fingerprint density at radius 3 is 2.80 bits per heavy atom. The lowest BCUT2D eigenvalue weighted by atomic mass is 10.4. The first-order chi connectivity index (χ1) is 4.77. The monoisotopic (exact) mass is 202 g/mol. The number of nitrogens with zero attached hydrogens (tertiary/aromatic N) is 2. The second kappa shape index (κ2) is 3.19. The first-order valence-electron chi connectivity index (χ1n) is 3.37. The zero-order valence-electron chi connectivity index (χ0n) is 6.26. The lowest BCUT2D eigenvalue weighted by Crippen LogP contribution is -2.00. The van der Waals surface area contributed by atoms with Crippen LogP contribution in [-0.2, 0) is 11.9 Å². The SMILES string of the molecule is CCn1nc(C)cc1CBr. The molecule has 0 atom stereocenters. The highest BCUT2D eigenvalue weighted by Gasteiger charge is 1.99. The average Bonchev–Trinajstić information content (AvgIpc) is 2.30. The van der Waals surface area contributed by atoms with E-state index >= 15 is 0 Å². The molecule has 1 aromatic rings. The normalized spacial score (nSPS) is 10.3.